The molecule has 1 rings (SSSR count). The van der Waals surface area contributed by atoms with Crippen molar-refractivity contribution in [1.82, 2.24) is 15.4 Å². The van der Waals surface area contributed by atoms with Crippen LogP contribution in [0.3, 0.4) is 0 Å². The highest BCUT2D eigenvalue weighted by Gasteiger charge is 2.08. The monoisotopic (exact) mass is 150 g/mol. The number of hydrogen-bond donors (Lipinski definition) is 3. The van der Waals surface area contributed by atoms with Crippen molar-refractivity contribution in [3.8, 4) is 12.3 Å². The van der Waals surface area contributed by atoms with E-state index >= 15 is 0 Å². The van der Waals surface area contributed by atoms with Gasteiger partial charge in [-0.05, 0) is 0 Å². The highest BCUT2D eigenvalue weighted by atomic mass is 15.2. The predicted molar refractivity (Wildman–Crippen MR) is 42.1 cm³/mol. The quantitative estimate of drug-likeness (QED) is 0.321. The van der Waals surface area contributed by atoms with Gasteiger partial charge in [-0.25, -0.2) is 10.4 Å². The second kappa shape index (κ2) is 3.76. The first-order valence-electron chi connectivity index (χ1n) is 3.27. The lowest BCUT2D eigenvalue weighted by molar-refractivity contribution is 0.542. The van der Waals surface area contributed by atoms with Crippen LogP contribution in [0.2, 0.25) is 0 Å². The molecular weight excluding hydrogens is 140 g/mol. The van der Waals surface area contributed by atoms with Crippen LogP contribution < -0.4 is 11.3 Å². The van der Waals surface area contributed by atoms with Crippen molar-refractivity contribution in [2.45, 2.75) is 12.5 Å². The van der Waals surface area contributed by atoms with E-state index in [9.17, 15) is 0 Å². The summed E-state index contributed by atoms with van der Waals surface area (Å²) in [5.41, 5.74) is 2.57. The van der Waals surface area contributed by atoms with Gasteiger partial charge in [-0.1, -0.05) is 0 Å². The Morgan fingerprint density at radius 1 is 1.91 bits per heavy atom. The lowest BCUT2D eigenvalue weighted by Crippen LogP contribution is -2.28. The molecule has 1 atom stereocenters. The molecule has 4 N–H and O–H groups in total. The molecule has 0 saturated carbocycles. The van der Waals surface area contributed by atoms with Crippen LogP contribution in [0.15, 0.2) is 12.4 Å². The lowest BCUT2D eigenvalue weighted by Gasteiger charge is -2.08. The van der Waals surface area contributed by atoms with E-state index in [-0.39, 0.29) is 6.04 Å². The molecule has 1 heterocycles. The van der Waals surface area contributed by atoms with Gasteiger partial charge >= 0.3 is 0 Å². The van der Waals surface area contributed by atoms with Gasteiger partial charge in [0.25, 0.3) is 0 Å². The zero-order valence-electron chi connectivity index (χ0n) is 6.04. The third kappa shape index (κ3) is 1.80. The minimum Gasteiger partial charge on any atom is -0.347 e. The second-order valence-electron chi connectivity index (χ2n) is 2.10. The number of nitrogens with zero attached hydrogens (tertiary/aromatic N) is 1. The molecule has 1 aromatic heterocycles. The molecule has 0 spiro atoms. The summed E-state index contributed by atoms with van der Waals surface area (Å²) in [5, 5.41) is 0. The molecule has 11 heavy (non-hydrogen) atoms. The zero-order valence-corrected chi connectivity index (χ0v) is 6.04. The summed E-state index contributed by atoms with van der Waals surface area (Å²) in [5.74, 6) is 8.52. The van der Waals surface area contributed by atoms with Crippen LogP contribution in [0.4, 0.5) is 0 Å². The van der Waals surface area contributed by atoms with Gasteiger partial charge in [0.2, 0.25) is 0 Å². The van der Waals surface area contributed by atoms with Crippen molar-refractivity contribution in [2.24, 2.45) is 5.84 Å². The molecule has 1 unspecified atom stereocenters. The first-order chi connectivity index (χ1) is 5.38. The molecule has 1 aromatic rings. The molecular formula is C7H10N4. The van der Waals surface area contributed by atoms with Gasteiger partial charge in [-0.15, -0.1) is 12.3 Å². The molecule has 0 fully saturated rings. The molecule has 0 aliphatic heterocycles. The lowest BCUT2D eigenvalue weighted by atomic mass is 10.2. The van der Waals surface area contributed by atoms with E-state index in [0.717, 1.165) is 5.82 Å². The molecule has 4 heteroatoms. The number of aromatic nitrogens is 2. The van der Waals surface area contributed by atoms with Crippen LogP contribution in [0.1, 0.15) is 18.3 Å². The van der Waals surface area contributed by atoms with Gasteiger partial charge in [0.05, 0.1) is 6.04 Å². The molecule has 0 saturated heterocycles. The van der Waals surface area contributed by atoms with E-state index < -0.39 is 0 Å². The molecule has 4 nitrogen and oxygen atoms in total. The fraction of sp³-hybridized carbons (Fsp3) is 0.286. The number of H-pyrrole nitrogens is 1. The van der Waals surface area contributed by atoms with Crippen LogP contribution in [-0.2, 0) is 0 Å². The second-order valence-corrected chi connectivity index (χ2v) is 2.10. The Balaban J connectivity index is 2.65. The molecule has 0 aliphatic rings. The molecule has 0 aliphatic carbocycles. The normalized spacial score (nSPS) is 12.4. The van der Waals surface area contributed by atoms with Crippen molar-refractivity contribution in [2.75, 3.05) is 0 Å². The first kappa shape index (κ1) is 7.79. The van der Waals surface area contributed by atoms with Crippen LogP contribution in [0, 0.1) is 12.3 Å². The van der Waals surface area contributed by atoms with Gasteiger partial charge in [-0.3, -0.25) is 5.84 Å². The SMILES string of the molecule is C#CCC(NN)c1ncc[nH]1. The minimum absolute atomic E-state index is 0.0741. The van der Waals surface area contributed by atoms with Crippen LogP contribution in [0.5, 0.6) is 0 Å². The Kier molecular flexibility index (Phi) is 2.66. The average molecular weight is 150 g/mol. The number of nitrogens with one attached hydrogen (secondary N) is 2. The van der Waals surface area contributed by atoms with E-state index in [1.165, 1.54) is 0 Å². The number of aromatic amines is 1. The van der Waals surface area contributed by atoms with Gasteiger partial charge in [0.1, 0.15) is 5.82 Å². The Morgan fingerprint density at radius 3 is 3.18 bits per heavy atom. The van der Waals surface area contributed by atoms with Crippen molar-refractivity contribution in [3.63, 3.8) is 0 Å². The Labute approximate surface area is 65.2 Å². The van der Waals surface area contributed by atoms with Crippen LogP contribution in [-0.4, -0.2) is 9.97 Å². The first-order valence-corrected chi connectivity index (χ1v) is 3.27. The fourth-order valence-electron chi connectivity index (χ4n) is 0.820. The van der Waals surface area contributed by atoms with Gasteiger partial charge in [0.15, 0.2) is 0 Å². The van der Waals surface area contributed by atoms with E-state index in [1.807, 2.05) is 0 Å². The predicted octanol–water partition coefficient (Wildman–Crippen LogP) is -0.0626. The van der Waals surface area contributed by atoms with E-state index in [0.29, 0.717) is 6.42 Å². The zero-order chi connectivity index (χ0) is 8.10. The van der Waals surface area contributed by atoms with Gasteiger partial charge < -0.3 is 4.98 Å². The van der Waals surface area contributed by atoms with Gasteiger partial charge in [0, 0.05) is 18.8 Å². The molecule has 0 aromatic carbocycles. The number of hydrogen-bond acceptors (Lipinski definition) is 3. The summed E-state index contributed by atoms with van der Waals surface area (Å²) >= 11 is 0. The highest BCUT2D eigenvalue weighted by Crippen LogP contribution is 2.08. The van der Waals surface area contributed by atoms with Crippen molar-refractivity contribution in [3.05, 3.63) is 18.2 Å². The smallest absolute Gasteiger partial charge is 0.125 e. The standard InChI is InChI=1S/C7H10N4/c1-2-3-6(11-8)7-9-4-5-10-7/h1,4-6,11H,3,8H2,(H,9,10). The molecule has 58 valence electrons. The average Bonchev–Trinajstić information content (AvgIpc) is 2.52. The Hall–Kier alpha value is -1.31. The van der Waals surface area contributed by atoms with Crippen molar-refractivity contribution in [1.29, 1.82) is 0 Å². The molecule has 0 amide bonds. The summed E-state index contributed by atoms with van der Waals surface area (Å²) in [4.78, 5) is 6.94. The third-order valence-electron chi connectivity index (χ3n) is 1.37. The van der Waals surface area contributed by atoms with E-state index in [2.05, 4.69) is 21.3 Å². The topological polar surface area (TPSA) is 66.7 Å². The molecule has 0 radical (unpaired) electrons. The fourth-order valence-corrected chi connectivity index (χ4v) is 0.820. The number of terminal acetylenes is 1. The maximum atomic E-state index is 5.24. The van der Waals surface area contributed by atoms with E-state index in [4.69, 9.17) is 12.3 Å². The largest absolute Gasteiger partial charge is 0.347 e. The minimum atomic E-state index is -0.0741. The maximum absolute atomic E-state index is 5.24. The molecule has 0 bridgehead atoms. The van der Waals surface area contributed by atoms with Crippen molar-refractivity contribution >= 4 is 0 Å². The van der Waals surface area contributed by atoms with Gasteiger partial charge in [-0.2, -0.15) is 0 Å². The Bertz CT molecular complexity index is 233. The summed E-state index contributed by atoms with van der Waals surface area (Å²) < 4.78 is 0. The number of nitrogens with two attached hydrogens (primary N) is 1. The number of rotatable bonds is 3. The highest BCUT2D eigenvalue weighted by molar-refractivity contribution is 5.00. The van der Waals surface area contributed by atoms with Crippen LogP contribution in [0.25, 0.3) is 0 Å². The number of imidazole rings is 1. The summed E-state index contributed by atoms with van der Waals surface area (Å²) in [6, 6.07) is -0.0741. The third-order valence-corrected chi connectivity index (χ3v) is 1.37. The summed E-state index contributed by atoms with van der Waals surface area (Å²) in [6.07, 6.45) is 9.05. The maximum Gasteiger partial charge on any atom is 0.125 e. The summed E-state index contributed by atoms with van der Waals surface area (Å²) in [7, 11) is 0. The van der Waals surface area contributed by atoms with Crippen molar-refractivity contribution < 1.29 is 0 Å². The summed E-state index contributed by atoms with van der Waals surface area (Å²) in [6.45, 7) is 0. The van der Waals surface area contributed by atoms with E-state index in [1.54, 1.807) is 12.4 Å². The number of hydrazine groups is 1. The van der Waals surface area contributed by atoms with Crippen LogP contribution >= 0.6 is 0 Å². The Morgan fingerprint density at radius 2 is 2.73 bits per heavy atom.